The maximum Gasteiger partial charge on any atom is 0.267 e. The fourth-order valence-corrected chi connectivity index (χ4v) is 3.73. The van der Waals surface area contributed by atoms with Crippen LogP contribution in [0.3, 0.4) is 0 Å². The molecule has 8 heteroatoms. The first-order valence-electron chi connectivity index (χ1n) is 7.49. The molecule has 0 saturated heterocycles. The van der Waals surface area contributed by atoms with Gasteiger partial charge in [0.15, 0.2) is 0 Å². The molecular weight excluding hydrogens is 336 g/mol. The van der Waals surface area contributed by atoms with E-state index in [0.29, 0.717) is 23.0 Å². The van der Waals surface area contributed by atoms with Gasteiger partial charge in [0.05, 0.1) is 11.4 Å². The number of aromatic nitrogens is 3. The summed E-state index contributed by atoms with van der Waals surface area (Å²) in [5, 5.41) is 7.76. The fraction of sp³-hybridized carbons (Fsp3) is 0.467. The lowest BCUT2D eigenvalue weighted by molar-refractivity contribution is 0.538. The lowest BCUT2D eigenvalue weighted by Crippen LogP contribution is -2.28. The zero-order valence-corrected chi connectivity index (χ0v) is 15.0. The van der Waals surface area contributed by atoms with Crippen molar-refractivity contribution in [2.45, 2.75) is 38.4 Å². The summed E-state index contributed by atoms with van der Waals surface area (Å²) in [6, 6.07) is 7.18. The molecule has 1 aromatic carbocycles. The highest BCUT2D eigenvalue weighted by Gasteiger charge is 2.22. The van der Waals surface area contributed by atoms with Crippen LogP contribution in [-0.2, 0) is 9.84 Å². The number of halogens is 1. The fourth-order valence-electron chi connectivity index (χ4n) is 2.22. The molecular formula is C15H21ClN4O2S. The van der Waals surface area contributed by atoms with E-state index in [1.807, 2.05) is 13.8 Å². The SMILES string of the molecule is CCNC(C)CCS(=O)(=O)c1nc(C)n(-c2cccc(Cl)c2)n1. The zero-order valence-electron chi connectivity index (χ0n) is 13.5. The predicted octanol–water partition coefficient (Wildman–Crippen LogP) is 2.39. The molecule has 126 valence electrons. The third kappa shape index (κ3) is 4.53. The van der Waals surface area contributed by atoms with Gasteiger partial charge in [0.25, 0.3) is 5.16 Å². The molecule has 0 aliphatic heterocycles. The van der Waals surface area contributed by atoms with Gasteiger partial charge in [-0.05, 0) is 45.0 Å². The van der Waals surface area contributed by atoms with Crippen LogP contribution in [0, 0.1) is 6.92 Å². The van der Waals surface area contributed by atoms with Crippen LogP contribution in [0.1, 0.15) is 26.1 Å². The van der Waals surface area contributed by atoms with Crippen LogP contribution >= 0.6 is 11.6 Å². The highest BCUT2D eigenvalue weighted by atomic mass is 35.5. The van der Waals surface area contributed by atoms with Crippen LogP contribution in [0.5, 0.6) is 0 Å². The Morgan fingerprint density at radius 3 is 2.78 bits per heavy atom. The molecule has 0 aliphatic carbocycles. The number of benzene rings is 1. The number of rotatable bonds is 7. The molecule has 2 aromatic rings. The van der Waals surface area contributed by atoms with Gasteiger partial charge in [-0.2, -0.15) is 0 Å². The molecule has 0 spiro atoms. The molecule has 0 aliphatic rings. The molecule has 1 unspecified atom stereocenters. The van der Waals surface area contributed by atoms with Crippen molar-refractivity contribution in [1.82, 2.24) is 20.1 Å². The summed E-state index contributed by atoms with van der Waals surface area (Å²) in [6.07, 6.45) is 0.515. The van der Waals surface area contributed by atoms with Crippen molar-refractivity contribution in [3.8, 4) is 5.69 Å². The van der Waals surface area contributed by atoms with Gasteiger partial charge in [0.1, 0.15) is 5.82 Å². The van der Waals surface area contributed by atoms with Gasteiger partial charge in [0, 0.05) is 11.1 Å². The van der Waals surface area contributed by atoms with Crippen molar-refractivity contribution >= 4 is 21.4 Å². The number of aryl methyl sites for hydroxylation is 1. The van der Waals surface area contributed by atoms with E-state index in [1.165, 1.54) is 4.68 Å². The quantitative estimate of drug-likeness (QED) is 0.824. The molecule has 1 atom stereocenters. The first-order valence-corrected chi connectivity index (χ1v) is 9.52. The van der Waals surface area contributed by atoms with Crippen LogP contribution in [0.25, 0.3) is 5.69 Å². The minimum atomic E-state index is -3.51. The van der Waals surface area contributed by atoms with Crippen LogP contribution in [0.15, 0.2) is 29.4 Å². The Labute approximate surface area is 141 Å². The van der Waals surface area contributed by atoms with E-state index in [-0.39, 0.29) is 17.0 Å². The van der Waals surface area contributed by atoms with Crippen molar-refractivity contribution in [3.63, 3.8) is 0 Å². The average Bonchev–Trinajstić information content (AvgIpc) is 2.88. The van der Waals surface area contributed by atoms with E-state index in [9.17, 15) is 8.42 Å². The topological polar surface area (TPSA) is 76.9 Å². The lowest BCUT2D eigenvalue weighted by atomic mass is 10.3. The third-order valence-electron chi connectivity index (χ3n) is 3.45. The molecule has 2 rings (SSSR count). The van der Waals surface area contributed by atoms with Crippen LogP contribution in [0.4, 0.5) is 0 Å². The Kier molecular flexibility index (Phi) is 5.78. The monoisotopic (exact) mass is 356 g/mol. The summed E-state index contributed by atoms with van der Waals surface area (Å²) in [4.78, 5) is 4.11. The normalized spacial score (nSPS) is 13.2. The Hall–Kier alpha value is -1.44. The average molecular weight is 357 g/mol. The Morgan fingerprint density at radius 2 is 2.13 bits per heavy atom. The second kappa shape index (κ2) is 7.42. The third-order valence-corrected chi connectivity index (χ3v) is 5.19. The van der Waals surface area contributed by atoms with Crippen molar-refractivity contribution in [3.05, 3.63) is 35.1 Å². The van der Waals surface area contributed by atoms with Gasteiger partial charge in [-0.25, -0.2) is 18.1 Å². The minimum absolute atomic E-state index is 0.0141. The minimum Gasteiger partial charge on any atom is -0.314 e. The van der Waals surface area contributed by atoms with E-state index < -0.39 is 9.84 Å². The first-order chi connectivity index (χ1) is 10.8. The Morgan fingerprint density at radius 1 is 1.39 bits per heavy atom. The number of hydrogen-bond donors (Lipinski definition) is 1. The molecule has 0 amide bonds. The molecule has 0 radical (unpaired) electrons. The lowest BCUT2D eigenvalue weighted by Gasteiger charge is -2.10. The van der Waals surface area contributed by atoms with Gasteiger partial charge >= 0.3 is 0 Å². The number of nitrogens with one attached hydrogen (secondary N) is 1. The summed E-state index contributed by atoms with van der Waals surface area (Å²) in [6.45, 7) is 6.47. The summed E-state index contributed by atoms with van der Waals surface area (Å²) in [5.41, 5.74) is 0.685. The first kappa shape index (κ1) is 17.9. The molecule has 23 heavy (non-hydrogen) atoms. The predicted molar refractivity (Wildman–Crippen MR) is 90.9 cm³/mol. The molecule has 1 heterocycles. The second-order valence-electron chi connectivity index (χ2n) is 5.40. The standard InChI is InChI=1S/C15H21ClN4O2S/c1-4-17-11(2)8-9-23(21,22)15-18-12(3)20(19-15)14-7-5-6-13(16)10-14/h5-7,10-11,17H,4,8-9H2,1-3H3. The summed E-state index contributed by atoms with van der Waals surface area (Å²) >= 11 is 5.97. The van der Waals surface area contributed by atoms with E-state index >= 15 is 0 Å². The smallest absolute Gasteiger partial charge is 0.267 e. The van der Waals surface area contributed by atoms with Crippen LogP contribution in [-0.4, -0.2) is 41.5 Å². The molecule has 0 fully saturated rings. The number of nitrogens with zero attached hydrogens (tertiary/aromatic N) is 3. The second-order valence-corrected chi connectivity index (χ2v) is 7.84. The van der Waals surface area contributed by atoms with E-state index in [1.54, 1.807) is 31.2 Å². The summed E-state index contributed by atoms with van der Waals surface area (Å²) < 4.78 is 26.3. The van der Waals surface area contributed by atoms with Crippen molar-refractivity contribution in [2.75, 3.05) is 12.3 Å². The van der Waals surface area contributed by atoms with Crippen LogP contribution < -0.4 is 5.32 Å². The van der Waals surface area contributed by atoms with Crippen molar-refractivity contribution in [2.24, 2.45) is 0 Å². The van der Waals surface area contributed by atoms with Gasteiger partial charge < -0.3 is 5.32 Å². The largest absolute Gasteiger partial charge is 0.314 e. The summed E-state index contributed by atoms with van der Waals surface area (Å²) in [7, 11) is -3.51. The molecule has 1 N–H and O–H groups in total. The maximum absolute atomic E-state index is 12.4. The molecule has 0 bridgehead atoms. The summed E-state index contributed by atoms with van der Waals surface area (Å²) in [5.74, 6) is 0.519. The Balaban J connectivity index is 2.23. The van der Waals surface area contributed by atoms with Gasteiger partial charge in [-0.1, -0.05) is 24.6 Å². The van der Waals surface area contributed by atoms with Crippen molar-refractivity contribution in [1.29, 1.82) is 0 Å². The van der Waals surface area contributed by atoms with Gasteiger partial charge in [-0.15, -0.1) is 5.10 Å². The van der Waals surface area contributed by atoms with Crippen LogP contribution in [0.2, 0.25) is 5.02 Å². The highest BCUT2D eigenvalue weighted by molar-refractivity contribution is 7.91. The Bertz CT molecular complexity index is 774. The van der Waals surface area contributed by atoms with E-state index in [2.05, 4.69) is 15.4 Å². The number of sulfone groups is 1. The van der Waals surface area contributed by atoms with Gasteiger partial charge in [-0.3, -0.25) is 0 Å². The molecule has 0 saturated carbocycles. The van der Waals surface area contributed by atoms with E-state index in [0.717, 1.165) is 6.54 Å². The van der Waals surface area contributed by atoms with E-state index in [4.69, 9.17) is 11.6 Å². The van der Waals surface area contributed by atoms with Gasteiger partial charge in [0.2, 0.25) is 9.84 Å². The number of hydrogen-bond acceptors (Lipinski definition) is 5. The zero-order chi connectivity index (χ0) is 17.0. The molecule has 1 aromatic heterocycles. The highest BCUT2D eigenvalue weighted by Crippen LogP contribution is 2.17. The van der Waals surface area contributed by atoms with Crippen molar-refractivity contribution < 1.29 is 8.42 Å². The molecule has 6 nitrogen and oxygen atoms in total. The maximum atomic E-state index is 12.4.